The number of hydrogen-bond donors (Lipinski definition) is 2. The molecule has 44 valence electrons. The quantitative estimate of drug-likeness (QED) is 0.511. The average Bonchev–Trinajstić information content (AvgIpc) is 2.12. The van der Waals surface area contributed by atoms with Crippen molar-refractivity contribution in [2.45, 2.75) is 0 Å². The average molecular weight is 133 g/mol. The number of rotatable bonds is 1. The number of hydrogen-bond acceptors (Lipinski definition) is 4. The Balaban J connectivity index is 2.77. The maximum atomic E-state index is 8.38. The highest BCUT2D eigenvalue weighted by Crippen LogP contribution is 2.19. The highest BCUT2D eigenvalue weighted by Gasteiger charge is 2.06. The fourth-order valence-electron chi connectivity index (χ4n) is 0.315. The van der Waals surface area contributed by atoms with E-state index in [0.29, 0.717) is 0 Å². The molecule has 0 aromatic carbocycles. The highest BCUT2D eigenvalue weighted by molar-refractivity contribution is 7.53. The van der Waals surface area contributed by atoms with E-state index in [2.05, 4.69) is 9.40 Å². The summed E-state index contributed by atoms with van der Waals surface area (Å²) in [5.74, 6) is 0. The first-order valence-corrected chi connectivity index (χ1v) is 3.13. The van der Waals surface area contributed by atoms with Crippen molar-refractivity contribution in [1.82, 2.24) is 4.98 Å². The van der Waals surface area contributed by atoms with Gasteiger partial charge in [-0.15, -0.1) is 0 Å². The molecule has 8 heavy (non-hydrogen) atoms. The van der Waals surface area contributed by atoms with Crippen molar-refractivity contribution >= 4 is 14.0 Å². The molecule has 2 N–H and O–H groups in total. The molecule has 1 aromatic rings. The fraction of sp³-hybridized carbons (Fsp3) is 0. The molecule has 5 heteroatoms. The van der Waals surface area contributed by atoms with Crippen LogP contribution in [0.2, 0.25) is 0 Å². The van der Waals surface area contributed by atoms with E-state index in [1.54, 1.807) is 0 Å². The summed E-state index contributed by atoms with van der Waals surface area (Å²) in [5.41, 5.74) is -0.0139. The zero-order valence-electron chi connectivity index (χ0n) is 3.85. The van der Waals surface area contributed by atoms with Crippen molar-refractivity contribution in [1.29, 1.82) is 0 Å². The molecule has 0 fully saturated rings. The minimum atomic E-state index is -2.14. The lowest BCUT2D eigenvalue weighted by Gasteiger charge is -1.89. The van der Waals surface area contributed by atoms with E-state index < -0.39 is 8.38 Å². The van der Waals surface area contributed by atoms with Crippen molar-refractivity contribution in [2.24, 2.45) is 0 Å². The van der Waals surface area contributed by atoms with Crippen LogP contribution in [-0.4, -0.2) is 14.8 Å². The summed E-state index contributed by atoms with van der Waals surface area (Å²) >= 11 is 0. The molecule has 0 atom stereocenters. The predicted molar refractivity (Wildman–Crippen MR) is 27.5 cm³/mol. The topological polar surface area (TPSA) is 66.5 Å². The zero-order chi connectivity index (χ0) is 5.98. The molecule has 0 radical (unpaired) electrons. The van der Waals surface area contributed by atoms with Gasteiger partial charge >= 0.3 is 0 Å². The van der Waals surface area contributed by atoms with Crippen molar-refractivity contribution in [3.63, 3.8) is 0 Å². The molecular weight excluding hydrogens is 129 g/mol. The van der Waals surface area contributed by atoms with Gasteiger partial charge in [-0.1, -0.05) is 0 Å². The second kappa shape index (κ2) is 2.22. The van der Waals surface area contributed by atoms with Gasteiger partial charge in [0.25, 0.3) is 14.0 Å². The largest absolute Gasteiger partial charge is 0.441 e. The van der Waals surface area contributed by atoms with Crippen molar-refractivity contribution in [3.8, 4) is 0 Å². The van der Waals surface area contributed by atoms with Crippen LogP contribution in [0, 0.1) is 0 Å². The van der Waals surface area contributed by atoms with Gasteiger partial charge in [0, 0.05) is 0 Å². The minimum absolute atomic E-state index is 0.0139. The minimum Gasteiger partial charge on any atom is -0.441 e. The predicted octanol–water partition coefficient (Wildman–Crippen LogP) is -0.404. The van der Waals surface area contributed by atoms with Gasteiger partial charge in [-0.3, -0.25) is 0 Å². The maximum Gasteiger partial charge on any atom is 0.274 e. The summed E-state index contributed by atoms with van der Waals surface area (Å²) in [6, 6.07) is 0. The first-order valence-electron chi connectivity index (χ1n) is 1.88. The van der Waals surface area contributed by atoms with E-state index in [1.165, 1.54) is 12.5 Å². The van der Waals surface area contributed by atoms with E-state index in [9.17, 15) is 0 Å². The third-order valence-electron chi connectivity index (χ3n) is 0.590. The lowest BCUT2D eigenvalue weighted by Crippen LogP contribution is -1.97. The van der Waals surface area contributed by atoms with Crippen LogP contribution in [0.3, 0.4) is 0 Å². The second-order valence-corrected chi connectivity index (χ2v) is 2.07. The molecule has 0 saturated heterocycles. The monoisotopic (exact) mass is 133 g/mol. The van der Waals surface area contributed by atoms with Gasteiger partial charge < -0.3 is 14.2 Å². The molecule has 0 spiro atoms. The molecule has 4 nitrogen and oxygen atoms in total. The van der Waals surface area contributed by atoms with E-state index in [4.69, 9.17) is 9.79 Å². The van der Waals surface area contributed by atoms with Gasteiger partial charge in [0.1, 0.15) is 6.26 Å². The molecule has 1 rings (SSSR count). The Morgan fingerprint density at radius 3 is 2.62 bits per heavy atom. The lowest BCUT2D eigenvalue weighted by atomic mass is 11.0. The van der Waals surface area contributed by atoms with Gasteiger partial charge in [0.2, 0.25) is 0 Å². The molecule has 0 bridgehead atoms. The number of oxazole rings is 1. The molecule has 0 amide bonds. The molecule has 1 aromatic heterocycles. The van der Waals surface area contributed by atoms with Gasteiger partial charge in [0.15, 0.2) is 0 Å². The van der Waals surface area contributed by atoms with Crippen LogP contribution in [0.4, 0.5) is 0 Å². The van der Waals surface area contributed by atoms with E-state index in [0.717, 1.165) is 0 Å². The normalized spacial score (nSPS) is 10.4. The van der Waals surface area contributed by atoms with Gasteiger partial charge in [-0.05, 0) is 0 Å². The Bertz CT molecular complexity index is 150. The van der Waals surface area contributed by atoms with Crippen LogP contribution in [0.15, 0.2) is 16.9 Å². The summed E-state index contributed by atoms with van der Waals surface area (Å²) in [7, 11) is -2.14. The molecule has 1 heterocycles. The summed E-state index contributed by atoms with van der Waals surface area (Å²) < 4.78 is 4.51. The Morgan fingerprint density at radius 1 is 1.62 bits per heavy atom. The number of nitrogens with zero attached hydrogens (tertiary/aromatic N) is 1. The van der Waals surface area contributed by atoms with Crippen molar-refractivity contribution in [2.75, 3.05) is 0 Å². The first kappa shape index (κ1) is 5.69. The van der Waals surface area contributed by atoms with Gasteiger partial charge in [-0.25, -0.2) is 4.98 Å². The third kappa shape index (κ3) is 1.04. The smallest absolute Gasteiger partial charge is 0.274 e. The van der Waals surface area contributed by atoms with E-state index in [-0.39, 0.29) is 5.63 Å². The number of aromatic nitrogens is 1. The Labute approximate surface area is 46.7 Å². The zero-order valence-corrected chi connectivity index (χ0v) is 4.75. The molecule has 0 aliphatic rings. The standard InChI is InChI=1S/C3H4NO3P/c5-8(6)3-4-1-2-7-3/h1-2,5-6H. The highest BCUT2D eigenvalue weighted by atomic mass is 31.2. The van der Waals surface area contributed by atoms with Crippen LogP contribution in [0.1, 0.15) is 0 Å². The first-order chi connectivity index (χ1) is 3.80. The summed E-state index contributed by atoms with van der Waals surface area (Å²) in [4.78, 5) is 20.2. The van der Waals surface area contributed by atoms with E-state index >= 15 is 0 Å². The Morgan fingerprint density at radius 2 is 2.38 bits per heavy atom. The van der Waals surface area contributed by atoms with Crippen LogP contribution in [0.5, 0.6) is 0 Å². The van der Waals surface area contributed by atoms with Crippen LogP contribution >= 0.6 is 8.38 Å². The van der Waals surface area contributed by atoms with Crippen molar-refractivity contribution < 1.29 is 14.2 Å². The SMILES string of the molecule is OP(O)c1ncco1. The van der Waals surface area contributed by atoms with E-state index in [1.807, 2.05) is 0 Å². The molecule has 0 aliphatic carbocycles. The summed E-state index contributed by atoms with van der Waals surface area (Å²) in [6.07, 6.45) is 2.65. The maximum absolute atomic E-state index is 8.38. The van der Waals surface area contributed by atoms with Crippen LogP contribution < -0.4 is 5.63 Å². The fourth-order valence-corrected chi connectivity index (χ4v) is 0.640. The van der Waals surface area contributed by atoms with Crippen molar-refractivity contribution in [3.05, 3.63) is 12.5 Å². The van der Waals surface area contributed by atoms with Crippen LogP contribution in [0.25, 0.3) is 0 Å². The molecular formula is C3H4NO3P. The molecule has 0 aliphatic heterocycles. The van der Waals surface area contributed by atoms with Gasteiger partial charge in [-0.2, -0.15) is 0 Å². The van der Waals surface area contributed by atoms with Crippen LogP contribution in [-0.2, 0) is 0 Å². The lowest BCUT2D eigenvalue weighted by molar-refractivity contribution is 0.475. The Kier molecular flexibility index (Phi) is 1.58. The molecule has 0 saturated carbocycles. The Hall–Kier alpha value is -0.440. The van der Waals surface area contributed by atoms with Gasteiger partial charge in [0.05, 0.1) is 6.20 Å². The summed E-state index contributed by atoms with van der Waals surface area (Å²) in [6.45, 7) is 0. The summed E-state index contributed by atoms with van der Waals surface area (Å²) in [5, 5.41) is 0. The second-order valence-electron chi connectivity index (χ2n) is 1.10. The third-order valence-corrected chi connectivity index (χ3v) is 1.15. The molecule has 0 unspecified atom stereocenters.